The van der Waals surface area contributed by atoms with Gasteiger partial charge in [0.05, 0.1) is 12.2 Å². The molecule has 0 amide bonds. The van der Waals surface area contributed by atoms with Crippen molar-refractivity contribution in [1.82, 2.24) is 4.98 Å². The summed E-state index contributed by atoms with van der Waals surface area (Å²) < 4.78 is 5.28. The fraction of sp³-hybridized carbons (Fsp3) is 0.174. The second kappa shape index (κ2) is 9.20. The first-order chi connectivity index (χ1) is 13.6. The van der Waals surface area contributed by atoms with Crippen molar-refractivity contribution in [2.75, 3.05) is 6.61 Å². The first-order valence-corrected chi connectivity index (χ1v) is 9.87. The van der Waals surface area contributed by atoms with Gasteiger partial charge in [-0.25, -0.2) is 4.98 Å². The Balaban J connectivity index is 2.08. The Labute approximate surface area is 169 Å². The molecule has 0 N–H and O–H groups in total. The zero-order valence-electron chi connectivity index (χ0n) is 15.8. The monoisotopic (exact) mass is 388 g/mol. The summed E-state index contributed by atoms with van der Waals surface area (Å²) >= 11 is 1.26. The van der Waals surface area contributed by atoms with E-state index in [2.05, 4.69) is 11.1 Å². The number of nitrogens with zero attached hydrogens (tertiary/aromatic N) is 2. The smallest absolute Gasteiger partial charge is 0.324 e. The fourth-order valence-electron chi connectivity index (χ4n) is 2.89. The van der Waals surface area contributed by atoms with Gasteiger partial charge in [0.25, 0.3) is 0 Å². The van der Waals surface area contributed by atoms with Crippen LogP contribution >= 0.6 is 11.8 Å². The molecule has 0 saturated carbocycles. The van der Waals surface area contributed by atoms with Crippen molar-refractivity contribution in [1.29, 1.82) is 5.26 Å². The number of hydrogen-bond donors (Lipinski definition) is 0. The molecule has 1 atom stereocenters. The van der Waals surface area contributed by atoms with Crippen LogP contribution in [0.4, 0.5) is 0 Å². The Morgan fingerprint density at radius 2 is 1.79 bits per heavy atom. The molecule has 0 aliphatic rings. The van der Waals surface area contributed by atoms with Crippen LogP contribution in [0, 0.1) is 18.3 Å². The van der Waals surface area contributed by atoms with Gasteiger partial charge in [-0.3, -0.25) is 4.79 Å². The highest BCUT2D eigenvalue weighted by Gasteiger charge is 2.26. The second-order valence-corrected chi connectivity index (χ2v) is 7.22. The number of benzene rings is 2. The minimum Gasteiger partial charge on any atom is -0.465 e. The molecule has 1 heterocycles. The van der Waals surface area contributed by atoms with Gasteiger partial charge in [-0.2, -0.15) is 5.26 Å². The summed E-state index contributed by atoms with van der Waals surface area (Å²) in [6.07, 6.45) is 0. The van der Waals surface area contributed by atoms with Crippen LogP contribution in [-0.2, 0) is 9.53 Å². The van der Waals surface area contributed by atoms with E-state index in [4.69, 9.17) is 4.74 Å². The predicted molar refractivity (Wildman–Crippen MR) is 111 cm³/mol. The second-order valence-electron chi connectivity index (χ2n) is 6.13. The van der Waals surface area contributed by atoms with E-state index < -0.39 is 5.25 Å². The van der Waals surface area contributed by atoms with Crippen molar-refractivity contribution < 1.29 is 9.53 Å². The van der Waals surface area contributed by atoms with E-state index in [0.29, 0.717) is 17.2 Å². The molecule has 0 fully saturated rings. The zero-order chi connectivity index (χ0) is 19.9. The third-order valence-electron chi connectivity index (χ3n) is 4.14. The minimum atomic E-state index is -0.592. The van der Waals surface area contributed by atoms with Crippen molar-refractivity contribution in [3.63, 3.8) is 0 Å². The topological polar surface area (TPSA) is 63.0 Å². The average molecular weight is 388 g/mol. The van der Waals surface area contributed by atoms with E-state index in [0.717, 1.165) is 22.4 Å². The van der Waals surface area contributed by atoms with Gasteiger partial charge in [-0.15, -0.1) is 0 Å². The summed E-state index contributed by atoms with van der Waals surface area (Å²) in [4.78, 5) is 17.2. The first kappa shape index (κ1) is 19.7. The summed E-state index contributed by atoms with van der Waals surface area (Å²) in [6.45, 7) is 3.97. The highest BCUT2D eigenvalue weighted by molar-refractivity contribution is 8.00. The van der Waals surface area contributed by atoms with Gasteiger partial charge in [0, 0.05) is 11.3 Å². The minimum absolute atomic E-state index is 0.296. The molecule has 140 valence electrons. The number of rotatable bonds is 6. The number of hydrogen-bond acceptors (Lipinski definition) is 5. The number of ether oxygens (including phenoxy) is 1. The van der Waals surface area contributed by atoms with Gasteiger partial charge in [-0.05, 0) is 31.0 Å². The molecule has 2 aromatic carbocycles. The number of pyridine rings is 1. The Kier molecular flexibility index (Phi) is 6.46. The molecule has 0 aliphatic carbocycles. The van der Waals surface area contributed by atoms with Crippen molar-refractivity contribution in [2.24, 2.45) is 0 Å². The van der Waals surface area contributed by atoms with Crippen molar-refractivity contribution >= 4 is 17.7 Å². The largest absolute Gasteiger partial charge is 0.465 e. The molecule has 0 bridgehead atoms. The molecule has 0 aliphatic heterocycles. The van der Waals surface area contributed by atoms with Gasteiger partial charge >= 0.3 is 5.97 Å². The summed E-state index contributed by atoms with van der Waals surface area (Å²) in [6, 6.07) is 23.3. The number of nitriles is 1. The van der Waals surface area contributed by atoms with Gasteiger partial charge in [0.1, 0.15) is 16.3 Å². The predicted octanol–water partition coefficient (Wildman–Crippen LogP) is 5.33. The van der Waals surface area contributed by atoms with Crippen molar-refractivity contribution in [3.05, 3.63) is 83.6 Å². The third-order valence-corrected chi connectivity index (χ3v) is 5.36. The maximum Gasteiger partial charge on any atom is 0.324 e. The number of esters is 1. The lowest BCUT2D eigenvalue weighted by atomic mass is 10.0. The fourth-order valence-corrected chi connectivity index (χ4v) is 4.04. The molecular formula is C23H20N2O2S. The SMILES string of the molecule is CCOC(=O)C(Sc1nc(C)cc(-c2ccccc2)c1C#N)c1ccccc1. The van der Waals surface area contributed by atoms with Crippen LogP contribution in [0.25, 0.3) is 11.1 Å². The molecule has 0 radical (unpaired) electrons. The van der Waals surface area contributed by atoms with E-state index in [1.165, 1.54) is 11.8 Å². The summed E-state index contributed by atoms with van der Waals surface area (Å²) in [5.74, 6) is -0.341. The standard InChI is InChI=1S/C23H20N2O2S/c1-3-27-23(26)21(18-12-8-5-9-13-18)28-22-20(15-24)19(14-16(2)25-22)17-10-6-4-7-11-17/h4-14,21H,3H2,1-2H3. The average Bonchev–Trinajstić information content (AvgIpc) is 2.73. The molecule has 0 saturated heterocycles. The van der Waals surface area contributed by atoms with E-state index in [9.17, 15) is 10.1 Å². The number of carbonyl (C=O) groups excluding carboxylic acids is 1. The quantitative estimate of drug-likeness (QED) is 0.422. The third kappa shape index (κ3) is 4.41. The van der Waals surface area contributed by atoms with Crippen LogP contribution < -0.4 is 0 Å². The molecule has 28 heavy (non-hydrogen) atoms. The molecule has 3 rings (SSSR count). The Hall–Kier alpha value is -3.10. The summed E-state index contributed by atoms with van der Waals surface area (Å²) in [5.41, 5.74) is 3.83. The van der Waals surface area contributed by atoms with Crippen LogP contribution in [-0.4, -0.2) is 17.6 Å². The molecule has 0 spiro atoms. The lowest BCUT2D eigenvalue weighted by Crippen LogP contribution is -2.14. The Morgan fingerprint density at radius 1 is 1.14 bits per heavy atom. The van der Waals surface area contributed by atoms with Crippen LogP contribution in [0.2, 0.25) is 0 Å². The summed E-state index contributed by atoms with van der Waals surface area (Å²) in [5, 5.41) is 9.80. The zero-order valence-corrected chi connectivity index (χ0v) is 16.6. The van der Waals surface area contributed by atoms with Crippen LogP contribution in [0.5, 0.6) is 0 Å². The lowest BCUT2D eigenvalue weighted by molar-refractivity contribution is -0.142. The van der Waals surface area contributed by atoms with Crippen LogP contribution in [0.1, 0.15) is 29.0 Å². The van der Waals surface area contributed by atoms with E-state index >= 15 is 0 Å². The van der Waals surface area contributed by atoms with Crippen LogP contribution in [0.15, 0.2) is 71.8 Å². The van der Waals surface area contributed by atoms with Crippen molar-refractivity contribution in [3.8, 4) is 17.2 Å². The lowest BCUT2D eigenvalue weighted by Gasteiger charge is -2.17. The highest BCUT2D eigenvalue weighted by Crippen LogP contribution is 2.39. The van der Waals surface area contributed by atoms with Gasteiger partial charge in [0.2, 0.25) is 0 Å². The van der Waals surface area contributed by atoms with E-state index in [1.54, 1.807) is 6.92 Å². The van der Waals surface area contributed by atoms with Crippen LogP contribution in [0.3, 0.4) is 0 Å². The Morgan fingerprint density at radius 3 is 2.39 bits per heavy atom. The number of carbonyl (C=O) groups is 1. The molecule has 5 heteroatoms. The number of thioether (sulfide) groups is 1. The molecule has 4 nitrogen and oxygen atoms in total. The summed E-state index contributed by atoms with van der Waals surface area (Å²) in [7, 11) is 0. The van der Waals surface area contributed by atoms with Gasteiger partial charge < -0.3 is 4.74 Å². The molecule has 1 unspecified atom stereocenters. The number of aromatic nitrogens is 1. The molecule has 1 aromatic heterocycles. The molecular weight excluding hydrogens is 368 g/mol. The first-order valence-electron chi connectivity index (χ1n) is 8.99. The van der Waals surface area contributed by atoms with Gasteiger partial charge in [-0.1, -0.05) is 72.4 Å². The normalized spacial score (nSPS) is 11.5. The van der Waals surface area contributed by atoms with Crippen molar-refractivity contribution in [2.45, 2.75) is 24.1 Å². The maximum atomic E-state index is 12.6. The number of aryl methyl sites for hydroxylation is 1. The highest BCUT2D eigenvalue weighted by atomic mass is 32.2. The molecule has 3 aromatic rings. The Bertz CT molecular complexity index is 998. The van der Waals surface area contributed by atoms with E-state index in [1.807, 2.05) is 73.7 Å². The maximum absolute atomic E-state index is 12.6. The van der Waals surface area contributed by atoms with E-state index in [-0.39, 0.29) is 5.97 Å². The van der Waals surface area contributed by atoms with Gasteiger partial charge in [0.15, 0.2) is 0 Å².